The third kappa shape index (κ3) is 7.13. The number of nitriles is 1. The summed E-state index contributed by atoms with van der Waals surface area (Å²) in [7, 11) is -4.18. The van der Waals surface area contributed by atoms with Crippen LogP contribution in [0.4, 0.5) is 5.95 Å². The molecule has 4 bridgehead atoms. The maximum atomic E-state index is 14.4. The summed E-state index contributed by atoms with van der Waals surface area (Å²) < 4.78 is 36.2. The van der Waals surface area contributed by atoms with Gasteiger partial charge in [0.25, 0.3) is 15.9 Å². The van der Waals surface area contributed by atoms with Gasteiger partial charge >= 0.3 is 0 Å². The highest BCUT2D eigenvalue weighted by molar-refractivity contribution is 7.92. The molecule has 1 aliphatic carbocycles. The molecule has 2 aliphatic heterocycles. The SMILES string of the molecule is Cc1cccc(C)c1-c1cc2nc(n1)NS(=O)(=O)c1cccc(c1)C(=O)N(C1CC(C(=O)N3CCC(C)(C#N)CC3)C1)[C@H](CC(C)C)CO2. The van der Waals surface area contributed by atoms with Crippen molar-refractivity contribution < 1.29 is 22.7 Å². The van der Waals surface area contributed by atoms with Crippen LogP contribution in [0.5, 0.6) is 5.88 Å². The number of hydrogen-bond acceptors (Lipinski definition) is 8. The summed E-state index contributed by atoms with van der Waals surface area (Å²) in [5, 5.41) is 9.52. The number of benzene rings is 2. The molecular weight excluding hydrogens is 641 g/mol. The first-order valence-corrected chi connectivity index (χ1v) is 18.5. The van der Waals surface area contributed by atoms with Crippen molar-refractivity contribution >= 4 is 27.8 Å². The molecule has 1 saturated heterocycles. The lowest BCUT2D eigenvalue weighted by atomic mass is 9.76. The molecule has 1 saturated carbocycles. The zero-order valence-corrected chi connectivity index (χ0v) is 29.6. The summed E-state index contributed by atoms with van der Waals surface area (Å²) >= 11 is 0. The number of ether oxygens (including phenoxy) is 1. The maximum Gasteiger partial charge on any atom is 0.264 e. The first-order valence-electron chi connectivity index (χ1n) is 17.0. The standard InChI is InChI=1S/C37H44N6O5S/c1-23(2)16-29-21-48-32-20-31(33-24(3)8-6-9-25(33)4)39-36(40-32)41-49(46,47)30-11-7-10-26(19-30)35(45)43(29)28-17-27(18-28)34(44)42-14-12-37(5,22-38)13-15-42/h6-11,19-20,23,27-29H,12-18,21H2,1-5H3,(H,39,40,41)/t27?,28?,29-/m1/s1. The molecular formula is C37H44N6O5S. The molecule has 1 N–H and O–H groups in total. The topological polar surface area (TPSA) is 146 Å². The zero-order valence-electron chi connectivity index (χ0n) is 28.8. The van der Waals surface area contributed by atoms with Crippen LogP contribution in [0.3, 0.4) is 0 Å². The lowest BCUT2D eigenvalue weighted by molar-refractivity contribution is -0.142. The van der Waals surface area contributed by atoms with Gasteiger partial charge in [0.1, 0.15) is 6.61 Å². The summed E-state index contributed by atoms with van der Waals surface area (Å²) in [5.41, 5.74) is 3.14. The van der Waals surface area contributed by atoms with Crippen LogP contribution in [0.25, 0.3) is 11.3 Å². The number of rotatable bonds is 5. The third-order valence-electron chi connectivity index (χ3n) is 10.2. The van der Waals surface area contributed by atoms with Crippen LogP contribution in [-0.4, -0.2) is 71.8 Å². The van der Waals surface area contributed by atoms with Crippen LogP contribution in [0, 0.1) is 42.4 Å². The van der Waals surface area contributed by atoms with Crippen molar-refractivity contribution in [2.75, 3.05) is 24.4 Å². The van der Waals surface area contributed by atoms with E-state index in [2.05, 4.69) is 34.6 Å². The van der Waals surface area contributed by atoms with Crippen molar-refractivity contribution in [2.24, 2.45) is 17.3 Å². The van der Waals surface area contributed by atoms with Gasteiger partial charge in [-0.05, 0) is 88.1 Å². The van der Waals surface area contributed by atoms with E-state index >= 15 is 0 Å². The third-order valence-corrected chi connectivity index (χ3v) is 11.5. The molecule has 3 aliphatic rings. The highest BCUT2D eigenvalue weighted by Crippen LogP contribution is 2.39. The van der Waals surface area contributed by atoms with Gasteiger partial charge in [0, 0.05) is 42.2 Å². The minimum Gasteiger partial charge on any atom is -0.475 e. The second kappa shape index (κ2) is 13.4. The van der Waals surface area contributed by atoms with Crippen LogP contribution in [0.15, 0.2) is 53.4 Å². The van der Waals surface area contributed by atoms with E-state index in [1.807, 2.05) is 48.8 Å². The number of anilines is 1. The van der Waals surface area contributed by atoms with E-state index in [1.54, 1.807) is 18.2 Å². The van der Waals surface area contributed by atoms with Gasteiger partial charge in [-0.1, -0.05) is 38.1 Å². The average Bonchev–Trinajstić information content (AvgIpc) is 3.04. The van der Waals surface area contributed by atoms with E-state index in [1.165, 1.54) is 12.1 Å². The number of nitrogens with zero attached hydrogens (tertiary/aromatic N) is 5. The van der Waals surface area contributed by atoms with Crippen molar-refractivity contribution in [1.82, 2.24) is 19.8 Å². The van der Waals surface area contributed by atoms with Gasteiger partial charge in [-0.3, -0.25) is 9.59 Å². The number of sulfonamides is 1. The fourth-order valence-corrected chi connectivity index (χ4v) is 8.23. The van der Waals surface area contributed by atoms with Crippen molar-refractivity contribution in [3.05, 3.63) is 65.2 Å². The Morgan fingerprint density at radius 1 is 1.08 bits per heavy atom. The minimum absolute atomic E-state index is 0.0675. The van der Waals surface area contributed by atoms with E-state index in [0.29, 0.717) is 50.9 Å². The monoisotopic (exact) mass is 684 g/mol. The summed E-state index contributed by atoms with van der Waals surface area (Å²) in [6.45, 7) is 11.3. The molecule has 2 fully saturated rings. The predicted molar refractivity (Wildman–Crippen MR) is 185 cm³/mol. The molecule has 1 atom stereocenters. The number of aryl methyl sites for hydroxylation is 2. The Labute approximate surface area is 288 Å². The van der Waals surface area contributed by atoms with Gasteiger partial charge in [0.15, 0.2) is 0 Å². The molecule has 0 unspecified atom stereocenters. The number of hydrogen-bond donors (Lipinski definition) is 1. The number of likely N-dealkylation sites (tertiary alicyclic amines) is 1. The van der Waals surface area contributed by atoms with E-state index in [0.717, 1.165) is 16.7 Å². The van der Waals surface area contributed by atoms with Crippen molar-refractivity contribution in [3.63, 3.8) is 0 Å². The largest absolute Gasteiger partial charge is 0.475 e. The molecule has 3 aromatic rings. The summed E-state index contributed by atoms with van der Waals surface area (Å²) in [4.78, 5) is 40.6. The Balaban J connectivity index is 1.35. The molecule has 2 amide bonds. The Kier molecular flexibility index (Phi) is 9.42. The van der Waals surface area contributed by atoms with Crippen LogP contribution in [0.1, 0.15) is 74.4 Å². The second-order valence-electron chi connectivity index (χ2n) is 14.4. The fraction of sp³-hybridized carbons (Fsp3) is 0.486. The number of carbonyl (C=O) groups is 2. The van der Waals surface area contributed by atoms with Crippen molar-refractivity contribution in [3.8, 4) is 23.2 Å². The average molecular weight is 685 g/mol. The molecule has 1 aromatic heterocycles. The van der Waals surface area contributed by atoms with Crippen molar-refractivity contribution in [2.45, 2.75) is 83.7 Å². The van der Waals surface area contributed by atoms with E-state index in [4.69, 9.17) is 4.74 Å². The van der Waals surface area contributed by atoms with E-state index < -0.39 is 15.4 Å². The first-order chi connectivity index (χ1) is 23.3. The van der Waals surface area contributed by atoms with Gasteiger partial charge < -0.3 is 14.5 Å². The quantitative estimate of drug-likeness (QED) is 0.358. The molecule has 258 valence electrons. The lowest BCUT2D eigenvalue weighted by Crippen LogP contribution is -2.57. The number of piperidine rings is 1. The Bertz CT molecular complexity index is 1890. The number of nitrogens with one attached hydrogen (secondary N) is 1. The van der Waals surface area contributed by atoms with Crippen LogP contribution in [-0.2, 0) is 14.8 Å². The summed E-state index contributed by atoms with van der Waals surface area (Å²) in [6, 6.07) is 15.4. The zero-order chi connectivity index (χ0) is 35.1. The molecule has 12 heteroatoms. The minimum atomic E-state index is -4.18. The molecule has 0 spiro atoms. The van der Waals surface area contributed by atoms with E-state index in [9.17, 15) is 23.3 Å². The summed E-state index contributed by atoms with van der Waals surface area (Å²) in [6.07, 6.45) is 2.91. The normalized spacial score (nSPS) is 23.1. The Morgan fingerprint density at radius 3 is 2.41 bits per heavy atom. The Morgan fingerprint density at radius 2 is 1.76 bits per heavy atom. The molecule has 2 aromatic carbocycles. The molecule has 6 rings (SSSR count). The predicted octanol–water partition coefficient (Wildman–Crippen LogP) is 5.74. The fourth-order valence-electron chi connectivity index (χ4n) is 7.24. The van der Waals surface area contributed by atoms with Gasteiger partial charge in [0.05, 0.1) is 28.1 Å². The van der Waals surface area contributed by atoms with Crippen LogP contribution < -0.4 is 9.46 Å². The van der Waals surface area contributed by atoms with Crippen LogP contribution in [0.2, 0.25) is 0 Å². The van der Waals surface area contributed by atoms with Crippen LogP contribution >= 0.6 is 0 Å². The molecule has 11 nitrogen and oxygen atoms in total. The van der Waals surface area contributed by atoms with Gasteiger partial charge in [0.2, 0.25) is 17.7 Å². The number of carbonyl (C=O) groups excluding carboxylic acids is 2. The van der Waals surface area contributed by atoms with Crippen molar-refractivity contribution in [1.29, 1.82) is 5.26 Å². The van der Waals surface area contributed by atoms with Gasteiger partial charge in [-0.15, -0.1) is 0 Å². The highest BCUT2D eigenvalue weighted by atomic mass is 32.2. The smallest absolute Gasteiger partial charge is 0.264 e. The highest BCUT2D eigenvalue weighted by Gasteiger charge is 2.45. The van der Waals surface area contributed by atoms with E-state index in [-0.39, 0.29) is 64.6 Å². The number of aromatic nitrogens is 2. The Hall–Kier alpha value is -4.50. The molecule has 0 radical (unpaired) electrons. The molecule has 49 heavy (non-hydrogen) atoms. The lowest BCUT2D eigenvalue weighted by Gasteiger charge is -2.47. The van der Waals surface area contributed by atoms with Gasteiger partial charge in [-0.25, -0.2) is 18.1 Å². The number of amides is 2. The maximum absolute atomic E-state index is 14.4. The first kappa shape index (κ1) is 34.4. The number of fused-ring (bicyclic) bond motifs is 4. The molecule has 3 heterocycles. The van der Waals surface area contributed by atoms with Gasteiger partial charge in [-0.2, -0.15) is 10.2 Å². The summed E-state index contributed by atoms with van der Waals surface area (Å²) in [5.74, 6) is -0.199. The second-order valence-corrected chi connectivity index (χ2v) is 16.1.